The second kappa shape index (κ2) is 5.82. The Kier molecular flexibility index (Phi) is 4.70. The van der Waals surface area contributed by atoms with Crippen LogP contribution in [0, 0.1) is 12.3 Å². The van der Waals surface area contributed by atoms with Gasteiger partial charge >= 0.3 is 0 Å². The molecule has 92 valence electrons. The lowest BCUT2D eigenvalue weighted by molar-refractivity contribution is 0.577. The van der Waals surface area contributed by atoms with Gasteiger partial charge in [-0.05, 0) is 31.7 Å². The van der Waals surface area contributed by atoms with E-state index >= 15 is 0 Å². The molecule has 0 aliphatic heterocycles. The van der Waals surface area contributed by atoms with E-state index in [1.54, 1.807) is 31.2 Å². The van der Waals surface area contributed by atoms with E-state index in [2.05, 4.69) is 16.0 Å². The van der Waals surface area contributed by atoms with Crippen molar-refractivity contribution in [3.8, 4) is 12.3 Å². The molecule has 4 nitrogen and oxygen atoms in total. The van der Waals surface area contributed by atoms with Gasteiger partial charge < -0.3 is 5.32 Å². The van der Waals surface area contributed by atoms with Crippen molar-refractivity contribution in [3.05, 3.63) is 29.8 Å². The van der Waals surface area contributed by atoms with Crippen LogP contribution in [0.3, 0.4) is 0 Å². The Morgan fingerprint density at radius 3 is 2.41 bits per heavy atom. The monoisotopic (exact) mass is 252 g/mol. The first-order chi connectivity index (χ1) is 7.99. The van der Waals surface area contributed by atoms with E-state index in [0.29, 0.717) is 6.54 Å². The largest absolute Gasteiger partial charge is 0.316 e. The fourth-order valence-electron chi connectivity index (χ4n) is 1.33. The van der Waals surface area contributed by atoms with E-state index in [9.17, 15) is 8.42 Å². The summed E-state index contributed by atoms with van der Waals surface area (Å²) in [6.45, 7) is 2.32. The highest BCUT2D eigenvalue weighted by Crippen LogP contribution is 2.10. The standard InChI is InChI=1S/C12H16N2O2S/c1-4-10(2)14-17(15,16)12-7-5-11(6-8-12)9-13-3/h1,5-8,10,13-14H,9H2,2-3H3. The van der Waals surface area contributed by atoms with Crippen molar-refractivity contribution in [2.24, 2.45) is 0 Å². The highest BCUT2D eigenvalue weighted by atomic mass is 32.2. The van der Waals surface area contributed by atoms with Crippen LogP contribution in [0.2, 0.25) is 0 Å². The topological polar surface area (TPSA) is 58.2 Å². The molecule has 0 heterocycles. The van der Waals surface area contributed by atoms with Crippen molar-refractivity contribution in [1.29, 1.82) is 0 Å². The highest BCUT2D eigenvalue weighted by Gasteiger charge is 2.15. The van der Waals surface area contributed by atoms with Crippen molar-refractivity contribution in [3.63, 3.8) is 0 Å². The molecular formula is C12H16N2O2S. The predicted octanol–water partition coefficient (Wildman–Crippen LogP) is 0.706. The molecule has 0 saturated heterocycles. The van der Waals surface area contributed by atoms with Gasteiger partial charge in [-0.3, -0.25) is 0 Å². The van der Waals surface area contributed by atoms with Gasteiger partial charge in [0, 0.05) is 6.54 Å². The first-order valence-electron chi connectivity index (χ1n) is 5.21. The van der Waals surface area contributed by atoms with Crippen molar-refractivity contribution < 1.29 is 8.42 Å². The van der Waals surface area contributed by atoms with E-state index in [1.807, 2.05) is 7.05 Å². The Bertz CT molecular complexity index is 500. The number of rotatable bonds is 5. The first kappa shape index (κ1) is 13.7. The first-order valence-corrected chi connectivity index (χ1v) is 6.70. The number of sulfonamides is 1. The SMILES string of the molecule is C#CC(C)NS(=O)(=O)c1ccc(CNC)cc1. The minimum atomic E-state index is -3.52. The van der Waals surface area contributed by atoms with Crippen molar-refractivity contribution in [2.45, 2.75) is 24.4 Å². The highest BCUT2D eigenvalue weighted by molar-refractivity contribution is 7.89. The van der Waals surface area contributed by atoms with Crippen LogP contribution in [0.15, 0.2) is 29.2 Å². The fraction of sp³-hybridized carbons (Fsp3) is 0.333. The lowest BCUT2D eigenvalue weighted by Gasteiger charge is -2.09. The van der Waals surface area contributed by atoms with Gasteiger partial charge in [-0.15, -0.1) is 6.42 Å². The number of nitrogens with one attached hydrogen (secondary N) is 2. The molecule has 0 radical (unpaired) electrons. The minimum Gasteiger partial charge on any atom is -0.316 e. The van der Waals surface area contributed by atoms with Crippen LogP contribution in [0.4, 0.5) is 0 Å². The third kappa shape index (κ3) is 3.86. The summed E-state index contributed by atoms with van der Waals surface area (Å²) in [6, 6.07) is 6.16. The van der Waals surface area contributed by atoms with Gasteiger partial charge in [0.15, 0.2) is 0 Å². The van der Waals surface area contributed by atoms with E-state index in [4.69, 9.17) is 6.42 Å². The molecule has 17 heavy (non-hydrogen) atoms. The summed E-state index contributed by atoms with van der Waals surface area (Å²) in [5.41, 5.74) is 1.02. The van der Waals surface area contributed by atoms with Crippen LogP contribution in [0.5, 0.6) is 0 Å². The van der Waals surface area contributed by atoms with Crippen LogP contribution in [-0.4, -0.2) is 21.5 Å². The Morgan fingerprint density at radius 2 is 1.94 bits per heavy atom. The molecule has 0 fully saturated rings. The third-order valence-corrected chi connectivity index (χ3v) is 3.75. The molecule has 1 aromatic rings. The van der Waals surface area contributed by atoms with Gasteiger partial charge in [0.2, 0.25) is 10.0 Å². The third-order valence-electron chi connectivity index (χ3n) is 2.20. The van der Waals surface area contributed by atoms with Crippen molar-refractivity contribution in [1.82, 2.24) is 10.0 Å². The average molecular weight is 252 g/mol. The molecule has 0 saturated carbocycles. The molecule has 0 amide bonds. The summed E-state index contributed by atoms with van der Waals surface area (Å²) in [5, 5.41) is 2.99. The van der Waals surface area contributed by atoms with E-state index in [0.717, 1.165) is 5.56 Å². The van der Waals surface area contributed by atoms with E-state index in [1.165, 1.54) is 0 Å². The van der Waals surface area contributed by atoms with Gasteiger partial charge in [0.25, 0.3) is 0 Å². The lowest BCUT2D eigenvalue weighted by atomic mass is 10.2. The van der Waals surface area contributed by atoms with Crippen LogP contribution in [0.25, 0.3) is 0 Å². The van der Waals surface area contributed by atoms with Gasteiger partial charge in [0.05, 0.1) is 10.9 Å². The maximum Gasteiger partial charge on any atom is 0.241 e. The molecule has 1 rings (SSSR count). The molecule has 2 N–H and O–H groups in total. The van der Waals surface area contributed by atoms with E-state index in [-0.39, 0.29) is 4.90 Å². The number of hydrogen-bond donors (Lipinski definition) is 2. The molecule has 0 aromatic heterocycles. The summed E-state index contributed by atoms with van der Waals surface area (Å²) in [5.74, 6) is 2.32. The smallest absolute Gasteiger partial charge is 0.241 e. The minimum absolute atomic E-state index is 0.222. The Balaban J connectivity index is 2.89. The summed E-state index contributed by atoms with van der Waals surface area (Å²) in [7, 11) is -1.68. The van der Waals surface area contributed by atoms with Crippen LogP contribution < -0.4 is 10.0 Å². The van der Waals surface area contributed by atoms with Crippen molar-refractivity contribution >= 4 is 10.0 Å². The molecule has 1 atom stereocenters. The van der Waals surface area contributed by atoms with Crippen molar-refractivity contribution in [2.75, 3.05) is 7.05 Å². The maximum absolute atomic E-state index is 11.8. The van der Waals surface area contributed by atoms with Gasteiger partial charge in [-0.1, -0.05) is 18.1 Å². The fourth-order valence-corrected chi connectivity index (χ4v) is 2.49. The van der Waals surface area contributed by atoms with Crippen LogP contribution >= 0.6 is 0 Å². The summed E-state index contributed by atoms with van der Waals surface area (Å²) >= 11 is 0. The Labute approximate surface area is 102 Å². The summed E-state index contributed by atoms with van der Waals surface area (Å²) < 4.78 is 26.1. The molecule has 0 spiro atoms. The number of terminal acetylenes is 1. The zero-order chi connectivity index (χ0) is 12.9. The molecule has 1 aromatic carbocycles. The Morgan fingerprint density at radius 1 is 1.35 bits per heavy atom. The van der Waals surface area contributed by atoms with Gasteiger partial charge in [-0.2, -0.15) is 4.72 Å². The van der Waals surface area contributed by atoms with Crippen LogP contribution in [-0.2, 0) is 16.6 Å². The second-order valence-corrected chi connectivity index (χ2v) is 5.40. The van der Waals surface area contributed by atoms with Crippen LogP contribution in [0.1, 0.15) is 12.5 Å². The zero-order valence-corrected chi connectivity index (χ0v) is 10.7. The lowest BCUT2D eigenvalue weighted by Crippen LogP contribution is -2.31. The maximum atomic E-state index is 11.8. The van der Waals surface area contributed by atoms with Gasteiger partial charge in [0.1, 0.15) is 0 Å². The predicted molar refractivity (Wildman–Crippen MR) is 67.8 cm³/mol. The summed E-state index contributed by atoms with van der Waals surface area (Å²) in [4.78, 5) is 0.222. The Hall–Kier alpha value is -1.35. The quantitative estimate of drug-likeness (QED) is 0.759. The summed E-state index contributed by atoms with van der Waals surface area (Å²) in [6.07, 6.45) is 5.14. The molecule has 0 aliphatic carbocycles. The zero-order valence-electron chi connectivity index (χ0n) is 9.90. The van der Waals surface area contributed by atoms with Gasteiger partial charge in [-0.25, -0.2) is 8.42 Å². The molecule has 0 bridgehead atoms. The normalized spacial score (nSPS) is 13.0. The average Bonchev–Trinajstić information content (AvgIpc) is 2.29. The molecule has 0 aliphatic rings. The molecule has 1 unspecified atom stereocenters. The second-order valence-electron chi connectivity index (χ2n) is 3.68. The number of hydrogen-bond acceptors (Lipinski definition) is 3. The van der Waals surface area contributed by atoms with E-state index < -0.39 is 16.1 Å². The molecular weight excluding hydrogens is 236 g/mol. The number of benzene rings is 1. The molecule has 5 heteroatoms.